The molecule has 1 fully saturated rings. The minimum Gasteiger partial charge on any atom is -0.397 e. The lowest BCUT2D eigenvalue weighted by Gasteiger charge is -2.34. The third-order valence-corrected chi connectivity index (χ3v) is 4.28. The molecule has 0 bridgehead atoms. The van der Waals surface area contributed by atoms with E-state index in [1.165, 1.54) is 19.1 Å². The van der Waals surface area contributed by atoms with Crippen LogP contribution >= 0.6 is 0 Å². The van der Waals surface area contributed by atoms with Crippen molar-refractivity contribution in [1.29, 1.82) is 0 Å². The number of piperazine rings is 1. The maximum absolute atomic E-state index is 13.1. The molecule has 3 rings (SSSR count). The molecule has 2 aromatic rings. The van der Waals surface area contributed by atoms with Gasteiger partial charge in [0.2, 0.25) is 5.91 Å². The number of rotatable bonds is 2. The zero-order valence-electron chi connectivity index (χ0n) is 13.9. The van der Waals surface area contributed by atoms with E-state index in [0.29, 0.717) is 43.1 Å². The number of pyridine rings is 1. The van der Waals surface area contributed by atoms with Crippen molar-refractivity contribution in [3.63, 3.8) is 0 Å². The Labute approximate surface area is 145 Å². The monoisotopic (exact) mass is 342 g/mol. The van der Waals surface area contributed by atoms with Crippen LogP contribution in [0.2, 0.25) is 0 Å². The minimum atomic E-state index is -0.334. The highest BCUT2D eigenvalue weighted by Crippen LogP contribution is 2.22. The molecule has 1 aromatic heterocycles. The Morgan fingerprint density at radius 2 is 1.60 bits per heavy atom. The normalized spacial score (nSPS) is 14.5. The molecule has 1 saturated heterocycles. The second kappa shape index (κ2) is 6.88. The van der Waals surface area contributed by atoms with Crippen LogP contribution in [0.3, 0.4) is 0 Å². The number of amides is 2. The molecule has 25 heavy (non-hydrogen) atoms. The number of nitrogens with zero attached hydrogens (tertiary/aromatic N) is 3. The minimum absolute atomic E-state index is 0.00282. The lowest BCUT2D eigenvalue weighted by Crippen LogP contribution is -2.50. The van der Waals surface area contributed by atoms with Gasteiger partial charge in [-0.3, -0.25) is 9.59 Å². The number of halogens is 1. The van der Waals surface area contributed by atoms with Crippen LogP contribution in [0.4, 0.5) is 10.1 Å². The van der Waals surface area contributed by atoms with Gasteiger partial charge in [-0.05, 0) is 36.4 Å². The van der Waals surface area contributed by atoms with Gasteiger partial charge in [0.15, 0.2) is 5.69 Å². The van der Waals surface area contributed by atoms with Gasteiger partial charge >= 0.3 is 0 Å². The summed E-state index contributed by atoms with van der Waals surface area (Å²) < 4.78 is 13.1. The average molecular weight is 342 g/mol. The summed E-state index contributed by atoms with van der Waals surface area (Å²) in [7, 11) is 0. The van der Waals surface area contributed by atoms with E-state index in [4.69, 9.17) is 5.73 Å². The number of carbonyl (C=O) groups is 2. The summed E-state index contributed by atoms with van der Waals surface area (Å²) >= 11 is 0. The Bertz CT molecular complexity index is 799. The second-order valence-corrected chi connectivity index (χ2v) is 5.94. The van der Waals surface area contributed by atoms with Crippen LogP contribution in [0.5, 0.6) is 0 Å². The van der Waals surface area contributed by atoms with Gasteiger partial charge in [-0.15, -0.1) is 0 Å². The molecule has 1 aliphatic heterocycles. The SMILES string of the molecule is CC(=O)N1CCN(C(=O)c2nc(-c3ccc(F)cc3)ccc2N)CC1. The Hall–Kier alpha value is -2.96. The van der Waals surface area contributed by atoms with E-state index in [1.807, 2.05) is 0 Å². The predicted octanol–water partition coefficient (Wildman–Crippen LogP) is 1.77. The molecule has 1 aliphatic rings. The van der Waals surface area contributed by atoms with E-state index < -0.39 is 0 Å². The molecular weight excluding hydrogens is 323 g/mol. The first-order valence-corrected chi connectivity index (χ1v) is 8.03. The molecule has 0 spiro atoms. The van der Waals surface area contributed by atoms with Gasteiger partial charge in [0.1, 0.15) is 5.82 Å². The van der Waals surface area contributed by atoms with Crippen LogP contribution < -0.4 is 5.73 Å². The van der Waals surface area contributed by atoms with Gasteiger partial charge in [0, 0.05) is 38.7 Å². The summed E-state index contributed by atoms with van der Waals surface area (Å²) in [5.41, 5.74) is 7.68. The standard InChI is InChI=1S/C18H19FN4O2/c1-12(24)22-8-10-23(11-9-22)18(25)17-15(20)6-7-16(21-17)13-2-4-14(19)5-3-13/h2-7H,8-11,20H2,1H3. The Morgan fingerprint density at radius 3 is 2.20 bits per heavy atom. The van der Waals surface area contributed by atoms with Crippen molar-refractivity contribution in [3.8, 4) is 11.3 Å². The number of benzene rings is 1. The molecule has 0 aliphatic carbocycles. The number of anilines is 1. The highest BCUT2D eigenvalue weighted by Gasteiger charge is 2.25. The first-order chi connectivity index (χ1) is 12.0. The molecule has 0 unspecified atom stereocenters. The second-order valence-electron chi connectivity index (χ2n) is 5.94. The third kappa shape index (κ3) is 3.60. The average Bonchev–Trinajstić information content (AvgIpc) is 2.62. The summed E-state index contributed by atoms with van der Waals surface area (Å²) in [5.74, 6) is -0.591. The van der Waals surface area contributed by atoms with Crippen LogP contribution in [0, 0.1) is 5.82 Å². The summed E-state index contributed by atoms with van der Waals surface area (Å²) in [5, 5.41) is 0. The third-order valence-electron chi connectivity index (χ3n) is 4.28. The molecule has 7 heteroatoms. The molecule has 130 valence electrons. The van der Waals surface area contributed by atoms with Gasteiger partial charge < -0.3 is 15.5 Å². The van der Waals surface area contributed by atoms with Crippen molar-refractivity contribution in [1.82, 2.24) is 14.8 Å². The number of nitrogens with two attached hydrogens (primary N) is 1. The fourth-order valence-electron chi connectivity index (χ4n) is 2.80. The smallest absolute Gasteiger partial charge is 0.274 e. The van der Waals surface area contributed by atoms with E-state index >= 15 is 0 Å². The molecule has 1 aromatic carbocycles. The van der Waals surface area contributed by atoms with Gasteiger partial charge in [-0.1, -0.05) is 0 Å². The number of hydrogen-bond acceptors (Lipinski definition) is 4. The quantitative estimate of drug-likeness (QED) is 0.902. The molecule has 6 nitrogen and oxygen atoms in total. The van der Waals surface area contributed by atoms with E-state index in [1.54, 1.807) is 34.1 Å². The van der Waals surface area contributed by atoms with Crippen LogP contribution in [-0.4, -0.2) is 52.8 Å². The number of nitrogen functional groups attached to an aromatic ring is 1. The zero-order chi connectivity index (χ0) is 18.0. The zero-order valence-corrected chi connectivity index (χ0v) is 13.9. The van der Waals surface area contributed by atoms with Crippen LogP contribution in [0.25, 0.3) is 11.3 Å². The van der Waals surface area contributed by atoms with Crippen molar-refractivity contribution in [2.75, 3.05) is 31.9 Å². The molecule has 2 heterocycles. The fourth-order valence-corrected chi connectivity index (χ4v) is 2.80. The van der Waals surface area contributed by atoms with E-state index in [2.05, 4.69) is 4.98 Å². The Balaban J connectivity index is 1.82. The van der Waals surface area contributed by atoms with Crippen LogP contribution in [-0.2, 0) is 4.79 Å². The molecule has 0 atom stereocenters. The van der Waals surface area contributed by atoms with Crippen molar-refractivity contribution < 1.29 is 14.0 Å². The van der Waals surface area contributed by atoms with Crippen LogP contribution in [0.1, 0.15) is 17.4 Å². The summed E-state index contributed by atoms with van der Waals surface area (Å²) in [6.07, 6.45) is 0. The molecule has 0 saturated carbocycles. The number of carbonyl (C=O) groups excluding carboxylic acids is 2. The maximum atomic E-state index is 13.1. The van der Waals surface area contributed by atoms with Crippen molar-refractivity contribution in [2.24, 2.45) is 0 Å². The van der Waals surface area contributed by atoms with Gasteiger partial charge in [-0.25, -0.2) is 9.37 Å². The maximum Gasteiger partial charge on any atom is 0.274 e. The number of aromatic nitrogens is 1. The van der Waals surface area contributed by atoms with Crippen LogP contribution in [0.15, 0.2) is 36.4 Å². The molecule has 2 amide bonds. The van der Waals surface area contributed by atoms with E-state index in [-0.39, 0.29) is 23.3 Å². The first kappa shape index (κ1) is 16.9. The Kier molecular flexibility index (Phi) is 4.65. The van der Waals surface area contributed by atoms with Gasteiger partial charge in [0.05, 0.1) is 11.4 Å². The molecule has 0 radical (unpaired) electrons. The highest BCUT2D eigenvalue weighted by atomic mass is 19.1. The lowest BCUT2D eigenvalue weighted by atomic mass is 10.1. The summed E-state index contributed by atoms with van der Waals surface area (Å²) in [4.78, 5) is 31.9. The summed E-state index contributed by atoms with van der Waals surface area (Å²) in [6, 6.07) is 9.23. The highest BCUT2D eigenvalue weighted by molar-refractivity contribution is 5.98. The fraction of sp³-hybridized carbons (Fsp3) is 0.278. The summed E-state index contributed by atoms with van der Waals surface area (Å²) in [6.45, 7) is 3.40. The van der Waals surface area contributed by atoms with Gasteiger partial charge in [0.25, 0.3) is 5.91 Å². The van der Waals surface area contributed by atoms with Crippen molar-refractivity contribution in [3.05, 3.63) is 47.9 Å². The van der Waals surface area contributed by atoms with Crippen molar-refractivity contribution >= 4 is 17.5 Å². The predicted molar refractivity (Wildman–Crippen MR) is 92.2 cm³/mol. The lowest BCUT2D eigenvalue weighted by molar-refractivity contribution is -0.130. The van der Waals surface area contributed by atoms with E-state index in [9.17, 15) is 14.0 Å². The molecular formula is C18H19FN4O2. The Morgan fingerprint density at radius 1 is 1.00 bits per heavy atom. The molecule has 2 N–H and O–H groups in total. The van der Waals surface area contributed by atoms with Crippen molar-refractivity contribution in [2.45, 2.75) is 6.92 Å². The topological polar surface area (TPSA) is 79.5 Å². The largest absolute Gasteiger partial charge is 0.397 e. The van der Waals surface area contributed by atoms with Gasteiger partial charge in [-0.2, -0.15) is 0 Å². The first-order valence-electron chi connectivity index (χ1n) is 8.03. The number of hydrogen-bond donors (Lipinski definition) is 1. The van der Waals surface area contributed by atoms with E-state index in [0.717, 1.165) is 0 Å².